The Hall–Kier alpha value is -2.06. The highest BCUT2D eigenvalue weighted by Gasteiger charge is 2.58. The number of carboxylic acids is 1. The fourth-order valence-corrected chi connectivity index (χ4v) is 1.11. The second-order valence-corrected chi connectivity index (χ2v) is 3.77. The molecule has 1 atom stereocenters. The third-order valence-electron chi connectivity index (χ3n) is 2.41. The van der Waals surface area contributed by atoms with E-state index in [9.17, 15) is 22.8 Å². The molecule has 1 heterocycles. The number of rotatable bonds is 3. The monoisotopic (exact) mass is 265 g/mol. The van der Waals surface area contributed by atoms with E-state index in [0.29, 0.717) is 6.92 Å². The highest BCUT2D eigenvalue weighted by molar-refractivity contribution is 5.96. The molecule has 1 aromatic rings. The van der Waals surface area contributed by atoms with E-state index >= 15 is 0 Å². The zero-order valence-corrected chi connectivity index (χ0v) is 9.45. The quantitative estimate of drug-likeness (QED) is 0.836. The van der Waals surface area contributed by atoms with Crippen molar-refractivity contribution in [2.75, 3.05) is 0 Å². The molecule has 0 saturated heterocycles. The van der Waals surface area contributed by atoms with Gasteiger partial charge in [0.05, 0.1) is 12.5 Å². The molecule has 1 aromatic heterocycles. The number of nitrogens with one attached hydrogen (secondary N) is 1. The predicted octanol–water partition coefficient (Wildman–Crippen LogP) is 0.555. The van der Waals surface area contributed by atoms with Crippen molar-refractivity contribution in [1.29, 1.82) is 0 Å². The van der Waals surface area contributed by atoms with Crippen LogP contribution in [0.2, 0.25) is 0 Å². The Labute approximate surface area is 99.4 Å². The van der Waals surface area contributed by atoms with Crippen LogP contribution < -0.4 is 5.32 Å². The molecule has 2 N–H and O–H groups in total. The molecule has 6 nitrogen and oxygen atoms in total. The number of carboxylic acid groups (broad SMARTS) is 1. The van der Waals surface area contributed by atoms with Gasteiger partial charge in [-0.2, -0.15) is 13.2 Å². The zero-order chi connectivity index (χ0) is 14.1. The van der Waals surface area contributed by atoms with Crippen molar-refractivity contribution >= 4 is 11.9 Å². The minimum absolute atomic E-state index is 0.174. The number of aryl methyl sites for hydroxylation is 1. The molecule has 0 fully saturated rings. The average molecular weight is 265 g/mol. The van der Waals surface area contributed by atoms with Crippen molar-refractivity contribution in [3.8, 4) is 0 Å². The summed E-state index contributed by atoms with van der Waals surface area (Å²) in [5.74, 6) is -3.36. The van der Waals surface area contributed by atoms with Crippen LogP contribution in [0.3, 0.4) is 0 Å². The lowest BCUT2D eigenvalue weighted by Gasteiger charge is -2.28. The second kappa shape index (κ2) is 4.31. The van der Waals surface area contributed by atoms with Crippen LogP contribution in [0.25, 0.3) is 0 Å². The zero-order valence-electron chi connectivity index (χ0n) is 9.45. The number of aromatic nitrogens is 2. The molecule has 1 amide bonds. The number of imidazole rings is 1. The summed E-state index contributed by atoms with van der Waals surface area (Å²) >= 11 is 0. The Bertz CT molecular complexity index is 483. The van der Waals surface area contributed by atoms with Gasteiger partial charge in [-0.15, -0.1) is 0 Å². The molecule has 0 aliphatic heterocycles. The van der Waals surface area contributed by atoms with Gasteiger partial charge in [-0.25, -0.2) is 9.78 Å². The first-order valence-electron chi connectivity index (χ1n) is 4.68. The Kier molecular flexibility index (Phi) is 3.36. The van der Waals surface area contributed by atoms with Crippen LogP contribution in [0.1, 0.15) is 17.4 Å². The molecular weight excluding hydrogens is 255 g/mol. The maximum absolute atomic E-state index is 12.6. The molecule has 0 bridgehead atoms. The first kappa shape index (κ1) is 14.0. The summed E-state index contributed by atoms with van der Waals surface area (Å²) < 4.78 is 39.1. The van der Waals surface area contributed by atoms with Crippen LogP contribution in [0.5, 0.6) is 0 Å². The minimum Gasteiger partial charge on any atom is -0.479 e. The molecule has 0 aliphatic rings. The normalized spacial score (nSPS) is 14.9. The number of amides is 1. The molecule has 0 saturated carbocycles. The van der Waals surface area contributed by atoms with E-state index in [1.54, 1.807) is 0 Å². The predicted molar refractivity (Wildman–Crippen MR) is 52.8 cm³/mol. The first-order chi connectivity index (χ1) is 8.09. The number of hydrogen-bond donors (Lipinski definition) is 2. The number of carbonyl (C=O) groups excluding carboxylic acids is 1. The molecule has 1 unspecified atom stereocenters. The molecule has 0 spiro atoms. The summed E-state index contributed by atoms with van der Waals surface area (Å²) in [6.45, 7) is 0.379. The van der Waals surface area contributed by atoms with E-state index in [0.717, 1.165) is 6.20 Å². The average Bonchev–Trinajstić information content (AvgIpc) is 2.62. The number of nitrogens with zero attached hydrogens (tertiary/aromatic N) is 2. The Morgan fingerprint density at radius 2 is 2.00 bits per heavy atom. The van der Waals surface area contributed by atoms with Gasteiger partial charge in [0, 0.05) is 7.05 Å². The maximum Gasteiger partial charge on any atom is 0.422 e. The van der Waals surface area contributed by atoms with Crippen molar-refractivity contribution in [3.05, 3.63) is 18.2 Å². The van der Waals surface area contributed by atoms with Gasteiger partial charge < -0.3 is 15.0 Å². The van der Waals surface area contributed by atoms with Crippen molar-refractivity contribution in [2.24, 2.45) is 7.05 Å². The fourth-order valence-electron chi connectivity index (χ4n) is 1.11. The lowest BCUT2D eigenvalue weighted by molar-refractivity contribution is -0.203. The molecule has 0 aliphatic carbocycles. The summed E-state index contributed by atoms with van der Waals surface area (Å²) in [7, 11) is 1.40. The van der Waals surface area contributed by atoms with Gasteiger partial charge in [-0.3, -0.25) is 4.79 Å². The molecule has 18 heavy (non-hydrogen) atoms. The first-order valence-corrected chi connectivity index (χ1v) is 4.68. The number of alkyl halides is 3. The molecule has 0 aromatic carbocycles. The Morgan fingerprint density at radius 3 is 2.33 bits per heavy atom. The van der Waals surface area contributed by atoms with Gasteiger partial charge in [-0.05, 0) is 6.92 Å². The van der Waals surface area contributed by atoms with Crippen molar-refractivity contribution < 1.29 is 27.9 Å². The van der Waals surface area contributed by atoms with Gasteiger partial charge >= 0.3 is 12.1 Å². The molecule has 9 heteroatoms. The molecule has 100 valence electrons. The van der Waals surface area contributed by atoms with E-state index in [2.05, 4.69) is 4.98 Å². The van der Waals surface area contributed by atoms with Gasteiger partial charge in [-0.1, -0.05) is 0 Å². The summed E-state index contributed by atoms with van der Waals surface area (Å²) in [6, 6.07) is 0. The smallest absolute Gasteiger partial charge is 0.422 e. The summed E-state index contributed by atoms with van der Waals surface area (Å²) in [5.41, 5.74) is -3.53. The largest absolute Gasteiger partial charge is 0.479 e. The van der Waals surface area contributed by atoms with E-state index < -0.39 is 23.6 Å². The highest BCUT2D eigenvalue weighted by Crippen LogP contribution is 2.30. The van der Waals surface area contributed by atoms with E-state index in [1.165, 1.54) is 23.3 Å². The molecular formula is C9H10F3N3O3. The van der Waals surface area contributed by atoms with Crippen LogP contribution in [0, 0.1) is 0 Å². The van der Waals surface area contributed by atoms with Crippen molar-refractivity contribution in [3.63, 3.8) is 0 Å². The minimum atomic E-state index is -5.12. The summed E-state index contributed by atoms with van der Waals surface area (Å²) in [5, 5.41) is 10.1. The maximum atomic E-state index is 12.6. The third-order valence-corrected chi connectivity index (χ3v) is 2.41. The topological polar surface area (TPSA) is 84.2 Å². The van der Waals surface area contributed by atoms with Crippen molar-refractivity contribution in [2.45, 2.75) is 18.6 Å². The summed E-state index contributed by atoms with van der Waals surface area (Å²) in [4.78, 5) is 25.8. The van der Waals surface area contributed by atoms with Gasteiger partial charge in [0.25, 0.3) is 5.91 Å². The lowest BCUT2D eigenvalue weighted by Crippen LogP contribution is -2.62. The third kappa shape index (κ3) is 2.29. The van der Waals surface area contributed by atoms with E-state index in [-0.39, 0.29) is 5.69 Å². The lowest BCUT2D eigenvalue weighted by atomic mass is 10.0. The van der Waals surface area contributed by atoms with Crippen LogP contribution in [0.4, 0.5) is 13.2 Å². The second-order valence-electron chi connectivity index (χ2n) is 3.77. The Morgan fingerprint density at radius 1 is 1.44 bits per heavy atom. The van der Waals surface area contributed by atoms with Gasteiger partial charge in [0.1, 0.15) is 5.69 Å². The number of hydrogen-bond acceptors (Lipinski definition) is 3. The van der Waals surface area contributed by atoms with Gasteiger partial charge in [0.2, 0.25) is 5.54 Å². The van der Waals surface area contributed by atoms with Crippen LogP contribution in [-0.4, -0.2) is 38.2 Å². The summed E-state index contributed by atoms with van der Waals surface area (Å²) in [6.07, 6.45) is -2.87. The fraction of sp³-hybridized carbons (Fsp3) is 0.444. The number of halogens is 3. The SMILES string of the molecule is Cn1cncc1C(=O)NC(C)(C(=O)O)C(F)(F)F. The molecule has 1 rings (SSSR count). The standard InChI is InChI=1S/C9H10F3N3O3/c1-8(7(17)18,9(10,11)12)14-6(16)5-3-13-4-15(5)2/h3-4H,1-2H3,(H,14,16)(H,17,18). The van der Waals surface area contributed by atoms with Gasteiger partial charge in [0.15, 0.2) is 0 Å². The van der Waals surface area contributed by atoms with Crippen LogP contribution in [0.15, 0.2) is 12.5 Å². The number of carbonyl (C=O) groups is 2. The highest BCUT2D eigenvalue weighted by atomic mass is 19.4. The van der Waals surface area contributed by atoms with Crippen LogP contribution in [-0.2, 0) is 11.8 Å². The van der Waals surface area contributed by atoms with E-state index in [1.807, 2.05) is 0 Å². The van der Waals surface area contributed by atoms with Crippen molar-refractivity contribution in [1.82, 2.24) is 14.9 Å². The molecule has 0 radical (unpaired) electrons. The van der Waals surface area contributed by atoms with Crippen LogP contribution >= 0.6 is 0 Å². The van der Waals surface area contributed by atoms with E-state index in [4.69, 9.17) is 5.11 Å². The number of aliphatic carboxylic acids is 1. The Balaban J connectivity index is 3.04.